The summed E-state index contributed by atoms with van der Waals surface area (Å²) in [6, 6.07) is 5.37. The van der Waals surface area contributed by atoms with Crippen molar-refractivity contribution in [3.05, 3.63) is 30.0 Å². The molecular formula is C18H24N6O4. The first-order chi connectivity index (χ1) is 13.3. The Balaban J connectivity index is 1.85. The molecule has 28 heavy (non-hydrogen) atoms. The van der Waals surface area contributed by atoms with E-state index in [1.807, 2.05) is 6.07 Å². The molecule has 7 N–H and O–H groups in total. The first kappa shape index (κ1) is 19.6. The van der Waals surface area contributed by atoms with Gasteiger partial charge in [-0.1, -0.05) is 0 Å². The number of amides is 1. The van der Waals surface area contributed by atoms with Crippen molar-refractivity contribution >= 4 is 29.0 Å². The Bertz CT molecular complexity index is 873. The summed E-state index contributed by atoms with van der Waals surface area (Å²) < 4.78 is 5.54. The summed E-state index contributed by atoms with van der Waals surface area (Å²) in [4.78, 5) is 20.1. The molecule has 0 fully saturated rings. The summed E-state index contributed by atoms with van der Waals surface area (Å²) in [7, 11) is 0. The number of β-amino-alcohol motifs (C(OH)–C–C–N with tert-alkyl or cyclic N) is 1. The summed E-state index contributed by atoms with van der Waals surface area (Å²) in [6.45, 7) is 3.96. The van der Waals surface area contributed by atoms with E-state index in [2.05, 4.69) is 25.9 Å². The number of hydrogen-bond acceptors (Lipinski definition) is 9. The van der Waals surface area contributed by atoms with Gasteiger partial charge in [0.05, 0.1) is 23.4 Å². The molecular weight excluding hydrogens is 364 g/mol. The average Bonchev–Trinajstić information content (AvgIpc) is 2.83. The van der Waals surface area contributed by atoms with Crippen molar-refractivity contribution in [1.29, 1.82) is 0 Å². The SMILES string of the molecule is CC(C)(CO)Nc1nc(Nc2ccc3c(c2)NC[C@H](O)CO3)ncc1C(N)=O. The van der Waals surface area contributed by atoms with Gasteiger partial charge in [0.2, 0.25) is 5.95 Å². The van der Waals surface area contributed by atoms with Crippen LogP contribution in [0.25, 0.3) is 0 Å². The summed E-state index contributed by atoms with van der Waals surface area (Å²) in [5, 5.41) is 28.3. The largest absolute Gasteiger partial charge is 0.489 e. The van der Waals surface area contributed by atoms with Crippen molar-refractivity contribution in [2.24, 2.45) is 5.73 Å². The first-order valence-corrected chi connectivity index (χ1v) is 8.79. The number of anilines is 4. The molecule has 10 nitrogen and oxygen atoms in total. The van der Waals surface area contributed by atoms with Crippen LogP contribution < -0.4 is 26.4 Å². The molecule has 10 heteroatoms. The van der Waals surface area contributed by atoms with E-state index in [4.69, 9.17) is 10.5 Å². The van der Waals surface area contributed by atoms with Gasteiger partial charge in [0.15, 0.2) is 0 Å². The highest BCUT2D eigenvalue weighted by Gasteiger charge is 2.21. The van der Waals surface area contributed by atoms with Crippen molar-refractivity contribution in [2.75, 3.05) is 35.7 Å². The van der Waals surface area contributed by atoms with E-state index in [-0.39, 0.29) is 30.5 Å². The number of fused-ring (bicyclic) bond motifs is 1. The van der Waals surface area contributed by atoms with Gasteiger partial charge in [0, 0.05) is 18.4 Å². The summed E-state index contributed by atoms with van der Waals surface area (Å²) >= 11 is 0. The number of primary amides is 1. The Morgan fingerprint density at radius 2 is 2.25 bits per heavy atom. The standard InChI is InChI=1S/C18H24N6O4/c1-18(2,9-25)24-16-12(15(19)27)7-21-17(23-16)22-10-3-4-14-13(5-10)20-6-11(26)8-28-14/h3-5,7,11,20,25-26H,6,8-9H2,1-2H3,(H2,19,27)(H2,21,22,23,24)/t11-/m0/s1. The van der Waals surface area contributed by atoms with Crippen LogP contribution in [0.15, 0.2) is 24.4 Å². The van der Waals surface area contributed by atoms with E-state index in [9.17, 15) is 15.0 Å². The van der Waals surface area contributed by atoms with E-state index in [1.54, 1.807) is 26.0 Å². The van der Waals surface area contributed by atoms with Gasteiger partial charge in [-0.3, -0.25) is 4.79 Å². The molecule has 2 aromatic rings. The van der Waals surface area contributed by atoms with Gasteiger partial charge in [-0.2, -0.15) is 4.98 Å². The first-order valence-electron chi connectivity index (χ1n) is 8.79. The zero-order valence-electron chi connectivity index (χ0n) is 15.7. The van der Waals surface area contributed by atoms with Crippen LogP contribution in [0, 0.1) is 0 Å². The lowest BCUT2D eigenvalue weighted by Gasteiger charge is -2.25. The van der Waals surface area contributed by atoms with E-state index >= 15 is 0 Å². The Morgan fingerprint density at radius 3 is 2.96 bits per heavy atom. The molecule has 1 amide bonds. The number of nitrogens with two attached hydrogens (primary N) is 1. The van der Waals surface area contributed by atoms with Crippen LogP contribution in [0.3, 0.4) is 0 Å². The second-order valence-corrected chi connectivity index (χ2v) is 7.17. The topological polar surface area (TPSA) is 155 Å². The zero-order chi connectivity index (χ0) is 20.3. The van der Waals surface area contributed by atoms with Crippen molar-refractivity contribution < 1.29 is 19.7 Å². The molecule has 1 aliphatic rings. The molecule has 0 spiro atoms. The minimum Gasteiger partial charge on any atom is -0.489 e. The second-order valence-electron chi connectivity index (χ2n) is 7.17. The minimum atomic E-state index is -0.706. The number of carbonyl (C=O) groups excluding carboxylic acids is 1. The highest BCUT2D eigenvalue weighted by atomic mass is 16.5. The quantitative estimate of drug-likeness (QED) is 0.419. The molecule has 0 saturated carbocycles. The fourth-order valence-corrected chi connectivity index (χ4v) is 2.55. The van der Waals surface area contributed by atoms with Crippen LogP contribution >= 0.6 is 0 Å². The van der Waals surface area contributed by atoms with E-state index in [0.717, 1.165) is 5.69 Å². The van der Waals surface area contributed by atoms with Crippen molar-refractivity contribution in [2.45, 2.75) is 25.5 Å². The van der Waals surface area contributed by atoms with Gasteiger partial charge >= 0.3 is 0 Å². The maximum atomic E-state index is 11.7. The van der Waals surface area contributed by atoms with Crippen LogP contribution in [-0.2, 0) is 0 Å². The van der Waals surface area contributed by atoms with Gasteiger partial charge in [-0.25, -0.2) is 4.98 Å². The van der Waals surface area contributed by atoms with Crippen LogP contribution in [0.2, 0.25) is 0 Å². The lowest BCUT2D eigenvalue weighted by atomic mass is 10.1. The fraction of sp³-hybridized carbons (Fsp3) is 0.389. The predicted molar refractivity (Wildman–Crippen MR) is 105 cm³/mol. The molecule has 1 aromatic heterocycles. The Hall–Kier alpha value is -3.11. The number of nitrogens with zero attached hydrogens (tertiary/aromatic N) is 2. The molecule has 0 bridgehead atoms. The number of rotatable bonds is 6. The number of aliphatic hydroxyl groups is 2. The second kappa shape index (κ2) is 7.87. The number of benzene rings is 1. The summed E-state index contributed by atoms with van der Waals surface area (Å²) in [5.41, 5.74) is 6.23. The third-order valence-corrected chi connectivity index (χ3v) is 4.10. The van der Waals surface area contributed by atoms with Crippen molar-refractivity contribution in [1.82, 2.24) is 9.97 Å². The third-order valence-electron chi connectivity index (χ3n) is 4.10. The average molecular weight is 388 g/mol. The smallest absolute Gasteiger partial charge is 0.254 e. The van der Waals surface area contributed by atoms with Gasteiger partial charge in [-0.15, -0.1) is 0 Å². The summed E-state index contributed by atoms with van der Waals surface area (Å²) in [6.07, 6.45) is 0.742. The number of aliphatic hydroxyl groups excluding tert-OH is 2. The molecule has 0 saturated heterocycles. The molecule has 0 radical (unpaired) electrons. The Kier molecular flexibility index (Phi) is 5.52. The molecule has 0 aliphatic carbocycles. The number of nitrogens with one attached hydrogen (secondary N) is 3. The van der Waals surface area contributed by atoms with E-state index in [0.29, 0.717) is 18.0 Å². The van der Waals surface area contributed by atoms with Gasteiger partial charge in [-0.05, 0) is 32.0 Å². The molecule has 0 unspecified atom stereocenters. The zero-order valence-corrected chi connectivity index (χ0v) is 15.7. The maximum Gasteiger partial charge on any atom is 0.254 e. The normalized spacial score (nSPS) is 16.2. The molecule has 3 rings (SSSR count). The van der Waals surface area contributed by atoms with Crippen molar-refractivity contribution in [3.63, 3.8) is 0 Å². The van der Waals surface area contributed by atoms with Gasteiger partial charge in [0.25, 0.3) is 5.91 Å². The van der Waals surface area contributed by atoms with Crippen molar-refractivity contribution in [3.8, 4) is 5.75 Å². The number of carbonyl (C=O) groups is 1. The fourth-order valence-electron chi connectivity index (χ4n) is 2.55. The van der Waals surface area contributed by atoms with Crippen LogP contribution in [-0.4, -0.2) is 57.5 Å². The maximum absolute atomic E-state index is 11.7. The van der Waals surface area contributed by atoms with Crippen LogP contribution in [0.1, 0.15) is 24.2 Å². The highest BCUT2D eigenvalue weighted by Crippen LogP contribution is 2.31. The number of hydrogen-bond donors (Lipinski definition) is 6. The Morgan fingerprint density at radius 1 is 1.46 bits per heavy atom. The number of ether oxygens (including phenoxy) is 1. The molecule has 1 aromatic carbocycles. The third kappa shape index (κ3) is 4.59. The molecule has 150 valence electrons. The Labute approximate surface area is 162 Å². The van der Waals surface area contributed by atoms with E-state index in [1.165, 1.54) is 6.20 Å². The molecule has 1 aliphatic heterocycles. The molecule has 2 heterocycles. The highest BCUT2D eigenvalue weighted by molar-refractivity contribution is 5.97. The lowest BCUT2D eigenvalue weighted by Crippen LogP contribution is -2.36. The minimum absolute atomic E-state index is 0.123. The predicted octanol–water partition coefficient (Wildman–Crippen LogP) is 0.667. The monoisotopic (exact) mass is 388 g/mol. The van der Waals surface area contributed by atoms with Gasteiger partial charge < -0.3 is 36.6 Å². The summed E-state index contributed by atoms with van der Waals surface area (Å²) in [5.74, 6) is 0.436. The van der Waals surface area contributed by atoms with Crippen LogP contribution in [0.4, 0.5) is 23.1 Å². The van der Waals surface area contributed by atoms with E-state index < -0.39 is 17.6 Å². The molecule has 1 atom stereocenters. The number of aromatic nitrogens is 2. The lowest BCUT2D eigenvalue weighted by molar-refractivity contribution is 0.1000. The van der Waals surface area contributed by atoms with Gasteiger partial charge in [0.1, 0.15) is 24.3 Å². The van der Waals surface area contributed by atoms with Crippen LogP contribution in [0.5, 0.6) is 5.75 Å².